The molecule has 0 bridgehead atoms. The van der Waals surface area contributed by atoms with Gasteiger partial charge in [-0.1, -0.05) is 46.2 Å². The number of carbonyl (C=O) groups is 1. The van der Waals surface area contributed by atoms with Crippen molar-refractivity contribution in [3.63, 3.8) is 0 Å². The minimum absolute atomic E-state index is 0.0244. The van der Waals surface area contributed by atoms with Crippen molar-refractivity contribution in [1.82, 2.24) is 0 Å². The largest absolute Gasteiger partial charge is 0.542 e. The maximum atomic E-state index is 11.3. The maximum Gasteiger partial charge on any atom is 0.274 e. The van der Waals surface area contributed by atoms with Crippen LogP contribution in [-0.2, 0) is 11.8 Å². The van der Waals surface area contributed by atoms with Crippen LogP contribution in [0.2, 0.25) is 13.1 Å². The lowest BCUT2D eigenvalue weighted by molar-refractivity contribution is 0.112. The number of carbonyl (C=O) groups excluding carboxylic acids is 1. The summed E-state index contributed by atoms with van der Waals surface area (Å²) in [7, 11) is -0.849. The van der Waals surface area contributed by atoms with E-state index in [2.05, 4.69) is 40.8 Å². The minimum Gasteiger partial charge on any atom is -0.542 e. The van der Waals surface area contributed by atoms with Crippen LogP contribution in [0.5, 0.6) is 5.75 Å². The van der Waals surface area contributed by atoms with Crippen molar-refractivity contribution in [2.45, 2.75) is 59.0 Å². The fourth-order valence-corrected chi connectivity index (χ4v) is 2.81. The Morgan fingerprint density at radius 1 is 1.26 bits per heavy atom. The second-order valence-corrected chi connectivity index (χ2v) is 8.16. The lowest BCUT2D eigenvalue weighted by Crippen LogP contribution is -2.20. The Hall–Kier alpha value is -1.09. The number of aldehydes is 1. The summed E-state index contributed by atoms with van der Waals surface area (Å²) in [5.41, 5.74) is 3.08. The quantitative estimate of drug-likeness (QED) is 0.590. The summed E-state index contributed by atoms with van der Waals surface area (Å²) in [6.07, 6.45) is 2.85. The molecule has 1 radical (unpaired) electrons. The molecule has 19 heavy (non-hydrogen) atoms. The molecule has 0 fully saturated rings. The van der Waals surface area contributed by atoms with Gasteiger partial charge in [-0.2, -0.15) is 0 Å². The van der Waals surface area contributed by atoms with Crippen molar-refractivity contribution in [3.05, 3.63) is 28.8 Å². The van der Waals surface area contributed by atoms with Gasteiger partial charge in [-0.25, -0.2) is 0 Å². The number of rotatable bonds is 5. The van der Waals surface area contributed by atoms with Gasteiger partial charge in [0.25, 0.3) is 9.04 Å². The van der Waals surface area contributed by atoms with E-state index in [1.54, 1.807) is 0 Å². The lowest BCUT2D eigenvalue weighted by Gasteiger charge is -2.27. The summed E-state index contributed by atoms with van der Waals surface area (Å²) < 4.78 is 6.14. The molecule has 2 nitrogen and oxygen atoms in total. The molecule has 0 heterocycles. The molecule has 1 aromatic carbocycles. The molecule has 0 saturated heterocycles. The van der Waals surface area contributed by atoms with E-state index in [1.807, 2.05) is 12.1 Å². The third-order valence-corrected chi connectivity index (χ3v) is 3.65. The number of hydrogen-bond acceptors (Lipinski definition) is 2. The van der Waals surface area contributed by atoms with Gasteiger partial charge in [0.05, 0.1) is 0 Å². The second-order valence-electron chi connectivity index (χ2n) is 6.14. The van der Waals surface area contributed by atoms with Crippen molar-refractivity contribution in [3.8, 4) is 5.75 Å². The summed E-state index contributed by atoms with van der Waals surface area (Å²) >= 11 is 0. The van der Waals surface area contributed by atoms with E-state index in [0.717, 1.165) is 36.0 Å². The van der Waals surface area contributed by atoms with Gasteiger partial charge in [-0.05, 0) is 30.5 Å². The van der Waals surface area contributed by atoms with Crippen LogP contribution in [0.15, 0.2) is 12.1 Å². The Labute approximate surface area is 118 Å². The highest BCUT2D eigenvalue weighted by Crippen LogP contribution is 2.36. The second kappa shape index (κ2) is 6.37. The number of hydrogen-bond donors (Lipinski definition) is 0. The lowest BCUT2D eigenvalue weighted by atomic mass is 9.83. The smallest absolute Gasteiger partial charge is 0.274 e. The third-order valence-electron chi connectivity index (χ3n) is 3.04. The van der Waals surface area contributed by atoms with Gasteiger partial charge in [-0.15, -0.1) is 0 Å². The Morgan fingerprint density at radius 3 is 2.32 bits per heavy atom. The molecule has 0 saturated carbocycles. The molecule has 0 aromatic heterocycles. The van der Waals surface area contributed by atoms with Gasteiger partial charge in [0.15, 0.2) is 0 Å². The molecule has 0 aliphatic heterocycles. The van der Waals surface area contributed by atoms with E-state index in [4.69, 9.17) is 4.43 Å². The summed E-state index contributed by atoms with van der Waals surface area (Å²) in [6.45, 7) is 12.9. The van der Waals surface area contributed by atoms with Crippen LogP contribution in [0.25, 0.3) is 0 Å². The highest BCUT2D eigenvalue weighted by atomic mass is 28.3. The van der Waals surface area contributed by atoms with Crippen LogP contribution in [0.3, 0.4) is 0 Å². The van der Waals surface area contributed by atoms with E-state index in [9.17, 15) is 4.79 Å². The first-order valence-electron chi connectivity index (χ1n) is 6.90. The summed E-state index contributed by atoms with van der Waals surface area (Å²) in [4.78, 5) is 11.3. The molecular weight excluding hydrogens is 252 g/mol. The van der Waals surface area contributed by atoms with Crippen molar-refractivity contribution in [2.75, 3.05) is 0 Å². The average Bonchev–Trinajstić information content (AvgIpc) is 2.29. The Kier molecular flexibility index (Phi) is 5.35. The molecule has 3 heteroatoms. The van der Waals surface area contributed by atoms with E-state index in [0.29, 0.717) is 0 Å². The third kappa shape index (κ3) is 3.93. The molecule has 0 atom stereocenters. The van der Waals surface area contributed by atoms with Gasteiger partial charge in [-0.3, -0.25) is 4.79 Å². The summed E-state index contributed by atoms with van der Waals surface area (Å²) in [6, 6.07) is 3.98. The normalized spacial score (nSPS) is 11.7. The molecule has 0 aliphatic rings. The zero-order chi connectivity index (χ0) is 14.6. The molecule has 0 unspecified atom stereocenters. The van der Waals surface area contributed by atoms with Crippen molar-refractivity contribution >= 4 is 15.3 Å². The van der Waals surface area contributed by atoms with Gasteiger partial charge < -0.3 is 4.43 Å². The van der Waals surface area contributed by atoms with Crippen molar-refractivity contribution < 1.29 is 9.22 Å². The highest BCUT2D eigenvalue weighted by Gasteiger charge is 2.23. The van der Waals surface area contributed by atoms with Crippen LogP contribution in [-0.4, -0.2) is 15.3 Å². The Balaban J connectivity index is 3.48. The minimum atomic E-state index is -0.849. The zero-order valence-corrected chi connectivity index (χ0v) is 14.0. The van der Waals surface area contributed by atoms with Crippen molar-refractivity contribution in [1.29, 1.82) is 0 Å². The van der Waals surface area contributed by atoms with Gasteiger partial charge in [0.2, 0.25) is 0 Å². The SMILES string of the molecule is CCCc1c(C=O)ccc(C(C)(C)C)c1O[Si](C)C. The van der Waals surface area contributed by atoms with E-state index < -0.39 is 9.04 Å². The standard InChI is InChI=1S/C16H25O2Si/c1-7-8-13-12(11-17)9-10-14(16(2,3)4)15(13)18-19(5)6/h9-11H,7-8H2,1-6H3. The molecule has 0 N–H and O–H groups in total. The predicted octanol–water partition coefficient (Wildman–Crippen LogP) is 4.38. The monoisotopic (exact) mass is 277 g/mol. The molecule has 0 amide bonds. The summed E-state index contributed by atoms with van der Waals surface area (Å²) in [5, 5.41) is 0. The molecular formula is C16H25O2Si. The van der Waals surface area contributed by atoms with Crippen LogP contribution < -0.4 is 4.43 Å². The molecule has 1 rings (SSSR count). The average molecular weight is 277 g/mol. The Morgan fingerprint density at radius 2 is 1.89 bits per heavy atom. The molecule has 0 aliphatic carbocycles. The van der Waals surface area contributed by atoms with Crippen molar-refractivity contribution in [2.24, 2.45) is 0 Å². The molecule has 0 spiro atoms. The maximum absolute atomic E-state index is 11.3. The van der Waals surface area contributed by atoms with E-state index in [-0.39, 0.29) is 5.41 Å². The van der Waals surface area contributed by atoms with Crippen LogP contribution >= 0.6 is 0 Å². The zero-order valence-electron chi connectivity index (χ0n) is 13.0. The first kappa shape index (κ1) is 16.0. The first-order chi connectivity index (χ1) is 8.81. The van der Waals surface area contributed by atoms with E-state index in [1.165, 1.54) is 5.56 Å². The van der Waals surface area contributed by atoms with Gasteiger partial charge in [0.1, 0.15) is 12.0 Å². The Bertz CT molecular complexity index is 445. The molecule has 105 valence electrons. The van der Waals surface area contributed by atoms with Crippen LogP contribution in [0.1, 0.15) is 55.6 Å². The predicted molar refractivity (Wildman–Crippen MR) is 82.6 cm³/mol. The van der Waals surface area contributed by atoms with Gasteiger partial charge in [0, 0.05) is 11.1 Å². The summed E-state index contributed by atoms with van der Waals surface area (Å²) in [5.74, 6) is 0.956. The fourth-order valence-electron chi connectivity index (χ4n) is 2.17. The fraction of sp³-hybridized carbons (Fsp3) is 0.562. The molecule has 1 aromatic rings. The van der Waals surface area contributed by atoms with E-state index >= 15 is 0 Å². The topological polar surface area (TPSA) is 26.3 Å². The van der Waals surface area contributed by atoms with Gasteiger partial charge >= 0.3 is 0 Å². The number of benzene rings is 1. The van der Waals surface area contributed by atoms with Crippen LogP contribution in [0, 0.1) is 0 Å². The van der Waals surface area contributed by atoms with Crippen LogP contribution in [0.4, 0.5) is 0 Å². The first-order valence-corrected chi connectivity index (χ1v) is 9.31. The highest BCUT2D eigenvalue weighted by molar-refractivity contribution is 6.49.